The van der Waals surface area contributed by atoms with Crippen molar-refractivity contribution in [2.75, 3.05) is 11.5 Å². The minimum absolute atomic E-state index is 0.0664. The molecule has 0 atom stereocenters. The van der Waals surface area contributed by atoms with Gasteiger partial charge in [0.05, 0.1) is 11.5 Å². The molecule has 0 aliphatic carbocycles. The number of thioether (sulfide) groups is 1. The molecule has 0 saturated heterocycles. The van der Waals surface area contributed by atoms with Gasteiger partial charge in [-0.25, -0.2) is 0 Å². The van der Waals surface area contributed by atoms with Crippen LogP contribution in [0.1, 0.15) is 33.2 Å². The van der Waals surface area contributed by atoms with Crippen LogP contribution >= 0.6 is 11.8 Å². The highest BCUT2D eigenvalue weighted by atomic mass is 32.2. The first kappa shape index (κ1) is 20.0. The number of hydrogen-bond acceptors (Lipinski definition) is 4. The molecule has 5 heteroatoms. The summed E-state index contributed by atoms with van der Waals surface area (Å²) in [6.07, 6.45) is 1.64. The molecule has 30 heavy (non-hydrogen) atoms. The summed E-state index contributed by atoms with van der Waals surface area (Å²) in [7, 11) is 0. The maximum atomic E-state index is 13.4. The Morgan fingerprint density at radius 3 is 2.37 bits per heavy atom. The van der Waals surface area contributed by atoms with Gasteiger partial charge in [-0.3, -0.25) is 14.5 Å². The molecule has 0 bridgehead atoms. The van der Waals surface area contributed by atoms with E-state index in [0.29, 0.717) is 28.3 Å². The van der Waals surface area contributed by atoms with Crippen LogP contribution in [0.3, 0.4) is 0 Å². The number of carbonyl (C=O) groups excluding carboxylic acids is 2. The molecule has 1 aliphatic rings. The lowest BCUT2D eigenvalue weighted by atomic mass is 10.1. The second-order valence-electron chi connectivity index (χ2n) is 6.89. The van der Waals surface area contributed by atoms with Crippen LogP contribution in [-0.2, 0) is 0 Å². The zero-order chi connectivity index (χ0) is 21.1. The largest absolute Gasteiger partial charge is 0.494 e. The molecule has 3 aromatic carbocycles. The molecule has 0 saturated carbocycles. The third-order valence-corrected chi connectivity index (χ3v) is 5.85. The first-order valence-electron chi connectivity index (χ1n) is 9.73. The molecule has 3 aromatic rings. The second kappa shape index (κ2) is 8.59. The van der Waals surface area contributed by atoms with E-state index in [4.69, 9.17) is 4.74 Å². The van der Waals surface area contributed by atoms with E-state index in [-0.39, 0.29) is 11.7 Å². The van der Waals surface area contributed by atoms with E-state index in [9.17, 15) is 9.59 Å². The summed E-state index contributed by atoms with van der Waals surface area (Å²) in [5, 5.41) is 0. The number of carbonyl (C=O) groups is 2. The van der Waals surface area contributed by atoms with Crippen molar-refractivity contribution in [2.45, 2.75) is 18.7 Å². The van der Waals surface area contributed by atoms with Gasteiger partial charge in [0.25, 0.3) is 5.91 Å². The molecular weight excluding hydrogens is 394 g/mol. The van der Waals surface area contributed by atoms with Crippen LogP contribution in [0.25, 0.3) is 0 Å². The van der Waals surface area contributed by atoms with E-state index in [2.05, 4.69) is 0 Å². The van der Waals surface area contributed by atoms with Gasteiger partial charge in [0.1, 0.15) is 5.75 Å². The lowest BCUT2D eigenvalue weighted by molar-refractivity contribution is 0.0997. The van der Waals surface area contributed by atoms with E-state index in [1.165, 1.54) is 16.7 Å². The van der Waals surface area contributed by atoms with Crippen LogP contribution in [0.5, 0.6) is 5.75 Å². The Morgan fingerprint density at radius 2 is 1.70 bits per heavy atom. The summed E-state index contributed by atoms with van der Waals surface area (Å²) in [5.41, 5.74) is 2.97. The summed E-state index contributed by atoms with van der Waals surface area (Å²) < 4.78 is 5.51. The minimum Gasteiger partial charge on any atom is -0.494 e. The van der Waals surface area contributed by atoms with Gasteiger partial charge in [-0.15, -0.1) is 0 Å². The van der Waals surface area contributed by atoms with Crippen LogP contribution in [0.2, 0.25) is 0 Å². The Hall–Kier alpha value is -3.31. The molecule has 0 radical (unpaired) electrons. The monoisotopic (exact) mass is 415 g/mol. The average molecular weight is 416 g/mol. The fraction of sp³-hybridized carbons (Fsp3) is 0.120. The molecular formula is C25H21NO3S. The third kappa shape index (κ3) is 4.02. The average Bonchev–Trinajstić information content (AvgIpc) is 3.09. The lowest BCUT2D eigenvalue weighted by Crippen LogP contribution is -2.26. The van der Waals surface area contributed by atoms with Crippen molar-refractivity contribution in [3.8, 4) is 5.75 Å². The molecule has 0 fully saturated rings. The normalized spacial score (nSPS) is 13.9. The Bertz CT molecular complexity index is 1120. The molecule has 0 aromatic heterocycles. The minimum atomic E-state index is -0.198. The van der Waals surface area contributed by atoms with Crippen LogP contribution in [0.15, 0.2) is 88.8 Å². The van der Waals surface area contributed by atoms with Crippen LogP contribution in [-0.4, -0.2) is 18.3 Å². The number of aryl methyl sites for hydroxylation is 1. The van der Waals surface area contributed by atoms with Crippen molar-refractivity contribution in [3.05, 3.63) is 101 Å². The second-order valence-corrected chi connectivity index (χ2v) is 7.97. The highest BCUT2D eigenvalue weighted by Crippen LogP contribution is 2.40. The fourth-order valence-corrected chi connectivity index (χ4v) is 4.21. The highest BCUT2D eigenvalue weighted by Gasteiger charge is 2.27. The van der Waals surface area contributed by atoms with Crippen LogP contribution < -0.4 is 9.64 Å². The fourth-order valence-electron chi connectivity index (χ4n) is 3.20. The number of allylic oxidation sites excluding steroid dienone is 1. The summed E-state index contributed by atoms with van der Waals surface area (Å²) >= 11 is 1.39. The Labute approximate surface area is 180 Å². The molecule has 4 rings (SSSR count). The molecule has 0 spiro atoms. The first-order chi connectivity index (χ1) is 14.6. The van der Waals surface area contributed by atoms with Gasteiger partial charge in [-0.05, 0) is 62.4 Å². The smallest absolute Gasteiger partial charge is 0.262 e. The van der Waals surface area contributed by atoms with Crippen molar-refractivity contribution in [1.82, 2.24) is 0 Å². The Kier molecular flexibility index (Phi) is 5.72. The quantitative estimate of drug-likeness (QED) is 0.489. The first-order valence-corrected chi connectivity index (χ1v) is 10.5. The molecule has 0 N–H and O–H groups in total. The van der Waals surface area contributed by atoms with Gasteiger partial charge < -0.3 is 4.74 Å². The number of fused-ring (bicyclic) bond motifs is 1. The molecule has 150 valence electrons. The number of amides is 1. The van der Waals surface area contributed by atoms with E-state index in [1.807, 2.05) is 74.5 Å². The summed E-state index contributed by atoms with van der Waals surface area (Å²) in [4.78, 5) is 29.2. The topological polar surface area (TPSA) is 46.6 Å². The summed E-state index contributed by atoms with van der Waals surface area (Å²) in [5.74, 6) is 0.467. The maximum Gasteiger partial charge on any atom is 0.262 e. The number of benzene rings is 3. The lowest BCUT2D eigenvalue weighted by Gasteiger charge is -2.20. The number of Topliss-reactive ketones (excluding diaryl/α,β-unsaturated/α-hetero) is 1. The van der Waals surface area contributed by atoms with Crippen molar-refractivity contribution in [2.24, 2.45) is 0 Å². The molecule has 0 unspecified atom stereocenters. The standard InChI is InChI=1S/C25H21NO3S/c1-3-29-20-14-12-19(13-15-20)26(25(28)18-10-8-17(2)9-11-18)16-23-24(27)21-6-4-5-7-22(21)30-23/h4-16H,3H2,1-2H3. The van der Waals surface area contributed by atoms with Gasteiger partial charge in [0.2, 0.25) is 5.78 Å². The predicted octanol–water partition coefficient (Wildman–Crippen LogP) is 5.87. The number of rotatable bonds is 5. The Morgan fingerprint density at radius 1 is 1.00 bits per heavy atom. The SMILES string of the molecule is CCOc1ccc(N(C=C2Sc3ccccc3C2=O)C(=O)c2ccc(C)cc2)cc1. The Balaban J connectivity index is 1.73. The predicted molar refractivity (Wildman–Crippen MR) is 120 cm³/mol. The number of ketones is 1. The van der Waals surface area contributed by atoms with Gasteiger partial charge in [0, 0.05) is 27.9 Å². The third-order valence-electron chi connectivity index (χ3n) is 4.76. The van der Waals surface area contributed by atoms with Crippen LogP contribution in [0, 0.1) is 6.92 Å². The van der Waals surface area contributed by atoms with Crippen molar-refractivity contribution in [1.29, 1.82) is 0 Å². The number of hydrogen-bond donors (Lipinski definition) is 0. The summed E-state index contributed by atoms with van der Waals surface area (Å²) in [6.45, 7) is 4.47. The maximum absolute atomic E-state index is 13.4. The number of nitrogens with zero attached hydrogens (tertiary/aromatic N) is 1. The van der Waals surface area contributed by atoms with Gasteiger partial charge in [-0.2, -0.15) is 0 Å². The number of anilines is 1. The van der Waals surface area contributed by atoms with E-state index in [0.717, 1.165) is 16.2 Å². The molecule has 1 amide bonds. The van der Waals surface area contributed by atoms with Gasteiger partial charge >= 0.3 is 0 Å². The van der Waals surface area contributed by atoms with E-state index in [1.54, 1.807) is 18.3 Å². The molecule has 1 heterocycles. The van der Waals surface area contributed by atoms with E-state index < -0.39 is 0 Å². The van der Waals surface area contributed by atoms with Crippen molar-refractivity contribution >= 4 is 29.1 Å². The van der Waals surface area contributed by atoms with Crippen molar-refractivity contribution in [3.63, 3.8) is 0 Å². The van der Waals surface area contributed by atoms with Gasteiger partial charge in [-0.1, -0.05) is 41.6 Å². The highest BCUT2D eigenvalue weighted by molar-refractivity contribution is 8.04. The van der Waals surface area contributed by atoms with Crippen molar-refractivity contribution < 1.29 is 14.3 Å². The number of ether oxygens (including phenoxy) is 1. The molecule has 1 aliphatic heterocycles. The zero-order valence-corrected chi connectivity index (χ0v) is 17.6. The summed E-state index contributed by atoms with van der Waals surface area (Å²) in [6, 6.07) is 22.2. The zero-order valence-electron chi connectivity index (χ0n) is 16.8. The van der Waals surface area contributed by atoms with E-state index >= 15 is 0 Å². The molecule has 4 nitrogen and oxygen atoms in total. The van der Waals surface area contributed by atoms with Crippen LogP contribution in [0.4, 0.5) is 5.69 Å². The van der Waals surface area contributed by atoms with Gasteiger partial charge in [0.15, 0.2) is 0 Å².